The van der Waals surface area contributed by atoms with Crippen LogP contribution in [-0.4, -0.2) is 24.9 Å². The molecule has 0 aliphatic carbocycles. The van der Waals surface area contributed by atoms with Crippen LogP contribution >= 0.6 is 0 Å². The van der Waals surface area contributed by atoms with Gasteiger partial charge in [-0.1, -0.05) is 36.4 Å². The molecule has 6 heteroatoms. The van der Waals surface area contributed by atoms with Gasteiger partial charge in [0.05, 0.1) is 11.2 Å². The summed E-state index contributed by atoms with van der Waals surface area (Å²) in [6, 6.07) is 21.8. The summed E-state index contributed by atoms with van der Waals surface area (Å²) in [5, 5.41) is 0. The van der Waals surface area contributed by atoms with Crippen molar-refractivity contribution in [1.29, 1.82) is 0 Å². The fraction of sp³-hybridized carbons (Fsp3) is 0.333. The van der Waals surface area contributed by atoms with Crippen molar-refractivity contribution in [3.63, 3.8) is 0 Å². The third-order valence-corrected chi connectivity index (χ3v) is 6.64. The summed E-state index contributed by atoms with van der Waals surface area (Å²) in [4.78, 5) is 0. The second kappa shape index (κ2) is 8.12. The van der Waals surface area contributed by atoms with Gasteiger partial charge in [-0.2, -0.15) is 0 Å². The number of hydrogen-bond donors (Lipinski definition) is 0. The van der Waals surface area contributed by atoms with E-state index in [-0.39, 0.29) is 24.4 Å². The Morgan fingerprint density at radius 2 is 1.55 bits per heavy atom. The van der Waals surface area contributed by atoms with Crippen LogP contribution in [0.2, 0.25) is 0 Å². The molecule has 0 radical (unpaired) electrons. The summed E-state index contributed by atoms with van der Waals surface area (Å²) in [5.74, 6) is 2.98. The molecular formula is C27H29BO5. The van der Waals surface area contributed by atoms with E-state index in [0.29, 0.717) is 12.4 Å². The second-order valence-corrected chi connectivity index (χ2v) is 9.67. The molecular weight excluding hydrogens is 415 g/mol. The Morgan fingerprint density at radius 3 is 2.24 bits per heavy atom. The molecule has 0 amide bonds. The van der Waals surface area contributed by atoms with E-state index >= 15 is 0 Å². The minimum absolute atomic E-state index is 0.205. The SMILES string of the molecule is Cc1cccc(Oc2cccc3c2OCC3Oc2ccc(B3OC(C)(C)C(C)(C)O3)cc2)c1. The van der Waals surface area contributed by atoms with Crippen molar-refractivity contribution in [1.82, 2.24) is 0 Å². The smallest absolute Gasteiger partial charge is 0.485 e. The molecule has 0 N–H and O–H groups in total. The Kier molecular flexibility index (Phi) is 5.38. The predicted octanol–water partition coefficient (Wildman–Crippen LogP) is 5.60. The van der Waals surface area contributed by atoms with Crippen LogP contribution in [-0.2, 0) is 9.31 Å². The molecule has 2 aliphatic rings. The van der Waals surface area contributed by atoms with Gasteiger partial charge in [0.15, 0.2) is 17.6 Å². The normalized spacial score (nSPS) is 20.3. The van der Waals surface area contributed by atoms with Gasteiger partial charge in [-0.05, 0) is 76.0 Å². The van der Waals surface area contributed by atoms with Crippen LogP contribution in [0.15, 0.2) is 66.7 Å². The first-order valence-corrected chi connectivity index (χ1v) is 11.3. The molecule has 1 unspecified atom stereocenters. The van der Waals surface area contributed by atoms with E-state index in [1.807, 2.05) is 73.7 Å². The number of benzene rings is 3. The average Bonchev–Trinajstić information content (AvgIpc) is 3.26. The number of fused-ring (bicyclic) bond motifs is 1. The summed E-state index contributed by atoms with van der Waals surface area (Å²) in [5.41, 5.74) is 2.37. The molecule has 1 fully saturated rings. The average molecular weight is 444 g/mol. The second-order valence-electron chi connectivity index (χ2n) is 9.67. The van der Waals surface area contributed by atoms with Crippen LogP contribution in [0.5, 0.6) is 23.0 Å². The van der Waals surface area contributed by atoms with E-state index in [0.717, 1.165) is 33.8 Å². The molecule has 5 rings (SSSR count). The summed E-state index contributed by atoms with van der Waals surface area (Å²) >= 11 is 0. The van der Waals surface area contributed by atoms with E-state index in [4.69, 9.17) is 23.5 Å². The minimum atomic E-state index is -0.388. The highest BCUT2D eigenvalue weighted by molar-refractivity contribution is 6.62. The Hall–Kier alpha value is -2.96. The molecule has 170 valence electrons. The predicted molar refractivity (Wildman–Crippen MR) is 129 cm³/mol. The highest BCUT2D eigenvalue weighted by atomic mass is 16.7. The molecule has 5 nitrogen and oxygen atoms in total. The topological polar surface area (TPSA) is 46.2 Å². The van der Waals surface area contributed by atoms with Crippen molar-refractivity contribution < 1.29 is 23.5 Å². The molecule has 1 saturated heterocycles. The maximum Gasteiger partial charge on any atom is 0.494 e. The number of hydrogen-bond acceptors (Lipinski definition) is 5. The van der Waals surface area contributed by atoms with E-state index in [1.54, 1.807) is 0 Å². The lowest BCUT2D eigenvalue weighted by atomic mass is 9.79. The van der Waals surface area contributed by atoms with Gasteiger partial charge in [-0.25, -0.2) is 0 Å². The van der Waals surface area contributed by atoms with Crippen molar-refractivity contribution in [3.8, 4) is 23.0 Å². The molecule has 33 heavy (non-hydrogen) atoms. The van der Waals surface area contributed by atoms with E-state index in [1.165, 1.54) is 0 Å². The number of rotatable bonds is 5. The van der Waals surface area contributed by atoms with Crippen LogP contribution in [0.4, 0.5) is 0 Å². The first-order chi connectivity index (χ1) is 15.7. The molecule has 0 saturated carbocycles. The molecule has 0 spiro atoms. The van der Waals surface area contributed by atoms with E-state index in [9.17, 15) is 0 Å². The summed E-state index contributed by atoms with van der Waals surface area (Å²) in [6.45, 7) is 10.7. The van der Waals surface area contributed by atoms with Gasteiger partial charge >= 0.3 is 7.12 Å². The maximum absolute atomic E-state index is 6.26. The van der Waals surface area contributed by atoms with Crippen molar-refractivity contribution >= 4 is 12.6 Å². The summed E-state index contributed by atoms with van der Waals surface area (Å²) in [6.07, 6.45) is -0.205. The van der Waals surface area contributed by atoms with Crippen LogP contribution in [0.1, 0.15) is 44.9 Å². The molecule has 1 atom stereocenters. The maximum atomic E-state index is 6.26. The Morgan fingerprint density at radius 1 is 0.848 bits per heavy atom. The standard InChI is InChI=1S/C27H29BO5/c1-18-8-6-9-21(16-18)31-23-11-7-10-22-24(17-29-25(22)23)30-20-14-12-19(13-15-20)28-32-26(2,3)27(4,5)33-28/h6-16,24H,17H2,1-5H3. The number of aryl methyl sites for hydroxylation is 1. The van der Waals surface area contributed by atoms with Crippen molar-refractivity contribution in [3.05, 3.63) is 77.9 Å². The zero-order valence-electron chi connectivity index (χ0n) is 19.8. The molecule has 0 aromatic heterocycles. The Labute approximate surface area is 195 Å². The monoisotopic (exact) mass is 444 g/mol. The largest absolute Gasteiger partial charge is 0.494 e. The third kappa shape index (κ3) is 4.21. The highest BCUT2D eigenvalue weighted by Crippen LogP contribution is 2.43. The lowest BCUT2D eigenvalue weighted by Crippen LogP contribution is -2.41. The molecule has 3 aromatic rings. The van der Waals surface area contributed by atoms with E-state index < -0.39 is 0 Å². The van der Waals surface area contributed by atoms with Gasteiger partial charge in [0.1, 0.15) is 18.1 Å². The zero-order valence-corrected chi connectivity index (χ0v) is 19.8. The summed E-state index contributed by atoms with van der Waals surface area (Å²) in [7, 11) is -0.388. The molecule has 0 bridgehead atoms. The van der Waals surface area contributed by atoms with Crippen LogP contribution in [0.25, 0.3) is 0 Å². The molecule has 2 heterocycles. The van der Waals surface area contributed by atoms with Crippen molar-refractivity contribution in [2.75, 3.05) is 6.61 Å². The first-order valence-electron chi connectivity index (χ1n) is 11.3. The first kappa shape index (κ1) is 21.9. The Bertz CT molecular complexity index is 1140. The Balaban J connectivity index is 1.29. The minimum Gasteiger partial charge on any atom is -0.485 e. The van der Waals surface area contributed by atoms with Gasteiger partial charge in [-0.15, -0.1) is 0 Å². The molecule has 3 aromatic carbocycles. The lowest BCUT2D eigenvalue weighted by Gasteiger charge is -2.32. The van der Waals surface area contributed by atoms with Crippen LogP contribution < -0.4 is 19.7 Å². The lowest BCUT2D eigenvalue weighted by molar-refractivity contribution is 0.00578. The van der Waals surface area contributed by atoms with Gasteiger partial charge in [0.25, 0.3) is 0 Å². The van der Waals surface area contributed by atoms with Gasteiger partial charge in [-0.3, -0.25) is 0 Å². The van der Waals surface area contributed by atoms with Crippen LogP contribution in [0, 0.1) is 6.92 Å². The third-order valence-electron chi connectivity index (χ3n) is 6.64. The van der Waals surface area contributed by atoms with Crippen LogP contribution in [0.3, 0.4) is 0 Å². The number of para-hydroxylation sites is 1. The fourth-order valence-corrected chi connectivity index (χ4v) is 4.02. The van der Waals surface area contributed by atoms with E-state index in [2.05, 4.69) is 27.7 Å². The van der Waals surface area contributed by atoms with Gasteiger partial charge in [0, 0.05) is 5.56 Å². The quantitative estimate of drug-likeness (QED) is 0.480. The van der Waals surface area contributed by atoms with Crippen molar-refractivity contribution in [2.24, 2.45) is 0 Å². The van der Waals surface area contributed by atoms with Gasteiger partial charge in [0.2, 0.25) is 0 Å². The zero-order chi connectivity index (χ0) is 23.2. The van der Waals surface area contributed by atoms with Gasteiger partial charge < -0.3 is 23.5 Å². The fourth-order valence-electron chi connectivity index (χ4n) is 4.02. The summed E-state index contributed by atoms with van der Waals surface area (Å²) < 4.78 is 30.6. The highest BCUT2D eigenvalue weighted by Gasteiger charge is 2.51. The number of ether oxygens (including phenoxy) is 3. The molecule has 2 aliphatic heterocycles. The van der Waals surface area contributed by atoms with Crippen molar-refractivity contribution in [2.45, 2.75) is 51.9 Å².